The number of ether oxygens (including phenoxy) is 1. The van der Waals surface area contributed by atoms with Crippen LogP contribution in [0.25, 0.3) is 0 Å². The van der Waals surface area contributed by atoms with Crippen molar-refractivity contribution >= 4 is 28.8 Å². The van der Waals surface area contributed by atoms with E-state index in [1.165, 1.54) is 16.0 Å². The van der Waals surface area contributed by atoms with Crippen molar-refractivity contribution in [1.29, 1.82) is 0 Å². The number of hydrogen-bond acceptors (Lipinski definition) is 5. The maximum absolute atomic E-state index is 13.1. The number of aryl methyl sites for hydroxylation is 1. The van der Waals surface area contributed by atoms with Gasteiger partial charge in [-0.2, -0.15) is 0 Å². The summed E-state index contributed by atoms with van der Waals surface area (Å²) in [6.45, 7) is 4.77. The molecule has 0 unspecified atom stereocenters. The molecular formula is C28H31N3O3S. The number of hydrogen-bond donors (Lipinski definition) is 1. The SMILES string of the molecule is O=C(CCCc1cccs1)Nc1cccc(C(=O)N2CCN(Cc3ccc4c(c3)CCO4)CC2)c1. The first-order chi connectivity index (χ1) is 17.1. The molecule has 0 atom stereocenters. The fourth-order valence-corrected chi connectivity index (χ4v) is 5.47. The van der Waals surface area contributed by atoms with Gasteiger partial charge in [0.25, 0.3) is 5.91 Å². The molecule has 2 amide bonds. The van der Waals surface area contributed by atoms with Gasteiger partial charge in [-0.1, -0.05) is 24.3 Å². The van der Waals surface area contributed by atoms with Crippen molar-refractivity contribution in [3.63, 3.8) is 0 Å². The van der Waals surface area contributed by atoms with E-state index in [1.54, 1.807) is 17.4 Å². The lowest BCUT2D eigenvalue weighted by Crippen LogP contribution is -2.48. The predicted molar refractivity (Wildman–Crippen MR) is 139 cm³/mol. The second-order valence-electron chi connectivity index (χ2n) is 9.17. The van der Waals surface area contributed by atoms with Crippen molar-refractivity contribution in [3.8, 4) is 5.75 Å². The van der Waals surface area contributed by atoms with E-state index in [2.05, 4.69) is 39.9 Å². The summed E-state index contributed by atoms with van der Waals surface area (Å²) < 4.78 is 5.61. The number of benzene rings is 2. The van der Waals surface area contributed by atoms with E-state index in [0.717, 1.165) is 51.3 Å². The van der Waals surface area contributed by atoms with Gasteiger partial charge in [0.05, 0.1) is 6.61 Å². The minimum atomic E-state index is -0.0158. The molecular weight excluding hydrogens is 458 g/mol. The van der Waals surface area contributed by atoms with Crippen LogP contribution < -0.4 is 10.1 Å². The highest BCUT2D eigenvalue weighted by atomic mass is 32.1. The Hall–Kier alpha value is -3.16. The fourth-order valence-electron chi connectivity index (χ4n) is 4.72. The van der Waals surface area contributed by atoms with E-state index in [0.29, 0.717) is 30.8 Å². The first-order valence-electron chi connectivity index (χ1n) is 12.3. The Morgan fingerprint density at radius 2 is 1.89 bits per heavy atom. The zero-order valence-electron chi connectivity index (χ0n) is 19.9. The lowest BCUT2D eigenvalue weighted by atomic mass is 10.1. The van der Waals surface area contributed by atoms with Crippen LogP contribution in [-0.4, -0.2) is 54.4 Å². The number of amides is 2. The van der Waals surface area contributed by atoms with E-state index in [4.69, 9.17) is 4.74 Å². The fraction of sp³-hybridized carbons (Fsp3) is 0.357. The smallest absolute Gasteiger partial charge is 0.254 e. The number of anilines is 1. The zero-order chi connectivity index (χ0) is 24.0. The molecule has 1 aromatic heterocycles. The number of piperazine rings is 1. The summed E-state index contributed by atoms with van der Waals surface area (Å²) in [5.41, 5.74) is 3.89. The summed E-state index contributed by atoms with van der Waals surface area (Å²) in [4.78, 5) is 31.1. The maximum atomic E-state index is 13.1. The molecule has 0 bridgehead atoms. The normalized spacial score (nSPS) is 15.5. The average molecular weight is 490 g/mol. The van der Waals surface area contributed by atoms with E-state index < -0.39 is 0 Å². The van der Waals surface area contributed by atoms with Gasteiger partial charge in [0.2, 0.25) is 5.91 Å². The molecule has 3 aromatic rings. The molecule has 0 spiro atoms. The molecule has 2 aromatic carbocycles. The second-order valence-corrected chi connectivity index (χ2v) is 10.2. The highest BCUT2D eigenvalue weighted by molar-refractivity contribution is 7.09. The van der Waals surface area contributed by atoms with Gasteiger partial charge in [-0.15, -0.1) is 11.3 Å². The third-order valence-electron chi connectivity index (χ3n) is 6.62. The Balaban J connectivity index is 1.09. The highest BCUT2D eigenvalue weighted by Crippen LogP contribution is 2.26. The second kappa shape index (κ2) is 11.1. The van der Waals surface area contributed by atoms with E-state index in [9.17, 15) is 9.59 Å². The van der Waals surface area contributed by atoms with Gasteiger partial charge in [0.15, 0.2) is 0 Å². The molecule has 7 heteroatoms. The van der Waals surface area contributed by atoms with Gasteiger partial charge < -0.3 is 15.0 Å². The van der Waals surface area contributed by atoms with Crippen molar-refractivity contribution in [2.75, 3.05) is 38.1 Å². The Morgan fingerprint density at radius 3 is 2.71 bits per heavy atom. The first-order valence-corrected chi connectivity index (χ1v) is 13.2. The van der Waals surface area contributed by atoms with Crippen molar-refractivity contribution in [2.24, 2.45) is 0 Å². The quantitative estimate of drug-likeness (QED) is 0.502. The first kappa shape index (κ1) is 23.6. The zero-order valence-corrected chi connectivity index (χ0v) is 20.7. The monoisotopic (exact) mass is 489 g/mol. The molecule has 1 fully saturated rings. The number of thiophene rings is 1. The van der Waals surface area contributed by atoms with Crippen LogP contribution in [0, 0.1) is 0 Å². The molecule has 5 rings (SSSR count). The summed E-state index contributed by atoms with van der Waals surface area (Å²) in [6.07, 6.45) is 3.18. The minimum absolute atomic E-state index is 0.0158. The molecule has 0 radical (unpaired) electrons. The Labute approximate surface area is 210 Å². The van der Waals surface area contributed by atoms with Crippen LogP contribution in [-0.2, 0) is 24.2 Å². The highest BCUT2D eigenvalue weighted by Gasteiger charge is 2.23. The lowest BCUT2D eigenvalue weighted by molar-refractivity contribution is -0.116. The number of rotatable bonds is 8. The number of nitrogens with zero attached hydrogens (tertiary/aromatic N) is 2. The standard InChI is InChI=1S/C28H31N3O3S/c32-27(8-2-6-25-7-3-17-35-25)29-24-5-1-4-23(19-24)28(33)31-14-12-30(13-15-31)20-21-9-10-26-22(18-21)11-16-34-26/h1,3-5,7,9-10,17-19H,2,6,8,11-16,20H2,(H,29,32). The number of carbonyl (C=O) groups excluding carboxylic acids is 2. The molecule has 6 nitrogen and oxygen atoms in total. The van der Waals surface area contributed by atoms with Gasteiger partial charge in [-0.05, 0) is 59.7 Å². The Morgan fingerprint density at radius 1 is 1.00 bits per heavy atom. The molecule has 3 heterocycles. The number of nitrogens with one attached hydrogen (secondary N) is 1. The van der Waals surface area contributed by atoms with Crippen molar-refractivity contribution in [2.45, 2.75) is 32.2 Å². The molecule has 1 N–H and O–H groups in total. The Bertz CT molecular complexity index is 1170. The third-order valence-corrected chi connectivity index (χ3v) is 7.56. The van der Waals surface area contributed by atoms with Gasteiger partial charge in [-0.25, -0.2) is 0 Å². The van der Waals surface area contributed by atoms with Crippen molar-refractivity contribution < 1.29 is 14.3 Å². The topological polar surface area (TPSA) is 61.9 Å². The maximum Gasteiger partial charge on any atom is 0.254 e. The summed E-state index contributed by atoms with van der Waals surface area (Å²) in [5, 5.41) is 5.01. The average Bonchev–Trinajstić information content (AvgIpc) is 3.56. The molecule has 182 valence electrons. The molecule has 2 aliphatic heterocycles. The lowest BCUT2D eigenvalue weighted by Gasteiger charge is -2.35. The largest absolute Gasteiger partial charge is 0.493 e. The molecule has 1 saturated heterocycles. The molecule has 0 aliphatic carbocycles. The van der Waals surface area contributed by atoms with Crippen molar-refractivity contribution in [3.05, 3.63) is 81.5 Å². The Kier molecular flexibility index (Phi) is 7.45. The van der Waals surface area contributed by atoms with E-state index in [1.807, 2.05) is 29.2 Å². The van der Waals surface area contributed by atoms with Crippen LogP contribution in [0.2, 0.25) is 0 Å². The van der Waals surface area contributed by atoms with Crippen LogP contribution in [0.15, 0.2) is 60.0 Å². The van der Waals surface area contributed by atoms with Crippen LogP contribution in [0.3, 0.4) is 0 Å². The third kappa shape index (κ3) is 6.10. The molecule has 0 saturated carbocycles. The summed E-state index contributed by atoms with van der Waals surface area (Å²) in [7, 11) is 0. The van der Waals surface area contributed by atoms with Crippen LogP contribution in [0.1, 0.15) is 39.2 Å². The number of fused-ring (bicyclic) bond motifs is 1. The van der Waals surface area contributed by atoms with Crippen LogP contribution >= 0.6 is 11.3 Å². The van der Waals surface area contributed by atoms with Crippen LogP contribution in [0.5, 0.6) is 5.75 Å². The van der Waals surface area contributed by atoms with Gasteiger partial charge in [0, 0.05) is 61.7 Å². The minimum Gasteiger partial charge on any atom is -0.493 e. The van der Waals surface area contributed by atoms with Gasteiger partial charge >= 0.3 is 0 Å². The van der Waals surface area contributed by atoms with Crippen LogP contribution in [0.4, 0.5) is 5.69 Å². The van der Waals surface area contributed by atoms with Gasteiger partial charge in [-0.3, -0.25) is 14.5 Å². The van der Waals surface area contributed by atoms with E-state index in [-0.39, 0.29) is 11.8 Å². The molecule has 2 aliphatic rings. The predicted octanol–water partition coefficient (Wildman–Crippen LogP) is 4.60. The van der Waals surface area contributed by atoms with Gasteiger partial charge in [0.1, 0.15) is 5.75 Å². The number of carbonyl (C=O) groups is 2. The van der Waals surface area contributed by atoms with Crippen molar-refractivity contribution in [1.82, 2.24) is 9.80 Å². The summed E-state index contributed by atoms with van der Waals surface area (Å²) in [5.74, 6) is 1.02. The summed E-state index contributed by atoms with van der Waals surface area (Å²) in [6, 6.07) is 17.9. The summed E-state index contributed by atoms with van der Waals surface area (Å²) >= 11 is 1.72. The molecule has 35 heavy (non-hydrogen) atoms. The van der Waals surface area contributed by atoms with E-state index >= 15 is 0 Å².